The molecule has 192 valence electrons. The van der Waals surface area contributed by atoms with Crippen LogP contribution in [0.4, 0.5) is 0 Å². The molecule has 0 saturated heterocycles. The van der Waals surface area contributed by atoms with Gasteiger partial charge < -0.3 is 9.47 Å². The Morgan fingerprint density at radius 1 is 0.684 bits per heavy atom. The van der Waals surface area contributed by atoms with Crippen LogP contribution in [-0.2, 0) is 14.3 Å². The Morgan fingerprint density at radius 2 is 1.21 bits per heavy atom. The fourth-order valence-corrected chi connectivity index (χ4v) is 4.11. The summed E-state index contributed by atoms with van der Waals surface area (Å²) in [5.41, 5.74) is 0.121. The average molecular weight is 554 g/mol. The molecule has 0 saturated carbocycles. The Hall–Kier alpha value is -4.34. The van der Waals surface area contributed by atoms with Crippen LogP contribution in [0.25, 0.3) is 0 Å². The molecule has 1 aliphatic rings. The monoisotopic (exact) mass is 553 g/mol. The van der Waals surface area contributed by atoms with E-state index in [9.17, 15) is 28.8 Å². The molecule has 0 aliphatic carbocycles. The van der Waals surface area contributed by atoms with Gasteiger partial charge in [0.15, 0.2) is 13.2 Å². The summed E-state index contributed by atoms with van der Waals surface area (Å²) in [6, 6.07) is 16.1. The number of halogens is 2. The van der Waals surface area contributed by atoms with Crippen molar-refractivity contribution in [1.29, 1.82) is 0 Å². The van der Waals surface area contributed by atoms with Crippen molar-refractivity contribution in [2.24, 2.45) is 0 Å². The lowest BCUT2D eigenvalue weighted by atomic mass is 10.1. The average Bonchev–Trinajstić information content (AvgIpc) is 3.14. The minimum atomic E-state index is -0.988. The lowest BCUT2D eigenvalue weighted by Gasteiger charge is -2.13. The number of hydrogen-bond acceptors (Lipinski definition) is 8. The summed E-state index contributed by atoms with van der Waals surface area (Å²) in [6.07, 6.45) is 0. The van der Waals surface area contributed by atoms with Crippen molar-refractivity contribution >= 4 is 58.5 Å². The summed E-state index contributed by atoms with van der Waals surface area (Å²) in [5, 5.41) is 0.401. The predicted octanol–water partition coefficient (Wildman–Crippen LogP) is 4.06. The number of amides is 2. The zero-order valence-electron chi connectivity index (χ0n) is 19.4. The van der Waals surface area contributed by atoms with Crippen LogP contribution in [0.1, 0.15) is 51.8 Å². The smallest absolute Gasteiger partial charge is 0.338 e. The molecule has 3 aromatic carbocycles. The third kappa shape index (κ3) is 5.64. The second-order valence-electron chi connectivity index (χ2n) is 8.00. The molecule has 0 radical (unpaired) electrons. The molecule has 38 heavy (non-hydrogen) atoms. The number of fused-ring (bicyclic) bond motifs is 1. The topological polar surface area (TPSA) is 124 Å². The van der Waals surface area contributed by atoms with E-state index in [1.807, 2.05) is 0 Å². The van der Waals surface area contributed by atoms with Gasteiger partial charge in [-0.2, -0.15) is 0 Å². The van der Waals surface area contributed by atoms with E-state index in [-0.39, 0.29) is 37.9 Å². The van der Waals surface area contributed by atoms with Crippen molar-refractivity contribution in [2.45, 2.75) is 0 Å². The molecule has 1 heterocycles. The van der Waals surface area contributed by atoms with Gasteiger partial charge in [-0.15, -0.1) is 0 Å². The molecular formula is C27H17Cl2NO8. The molecule has 0 bridgehead atoms. The maximum absolute atomic E-state index is 12.8. The number of hydrogen-bond donors (Lipinski definition) is 0. The first-order valence-corrected chi connectivity index (χ1v) is 11.8. The van der Waals surface area contributed by atoms with E-state index in [2.05, 4.69) is 0 Å². The molecule has 2 amide bonds. The van der Waals surface area contributed by atoms with Crippen molar-refractivity contribution in [3.8, 4) is 0 Å². The number of nitrogens with zero attached hydrogens (tertiary/aromatic N) is 1. The van der Waals surface area contributed by atoms with Crippen molar-refractivity contribution in [1.82, 2.24) is 4.90 Å². The summed E-state index contributed by atoms with van der Waals surface area (Å²) in [4.78, 5) is 75.4. The van der Waals surface area contributed by atoms with Gasteiger partial charge in [0.05, 0.1) is 26.7 Å². The first kappa shape index (κ1) is 26.7. The van der Waals surface area contributed by atoms with Crippen molar-refractivity contribution in [3.63, 3.8) is 0 Å². The number of ether oxygens (including phenoxy) is 2. The van der Waals surface area contributed by atoms with Gasteiger partial charge in [0, 0.05) is 11.1 Å². The highest BCUT2D eigenvalue weighted by Crippen LogP contribution is 2.25. The molecule has 0 N–H and O–H groups in total. The summed E-state index contributed by atoms with van der Waals surface area (Å²) in [6.45, 7) is -1.96. The summed E-state index contributed by atoms with van der Waals surface area (Å²) >= 11 is 11.9. The Balaban J connectivity index is 1.36. The molecule has 0 atom stereocenters. The van der Waals surface area contributed by atoms with Gasteiger partial charge in [-0.1, -0.05) is 47.5 Å². The Labute approximate surface area is 225 Å². The Kier molecular flexibility index (Phi) is 7.99. The lowest BCUT2D eigenvalue weighted by Crippen LogP contribution is -2.36. The normalized spacial score (nSPS) is 12.2. The third-order valence-corrected chi connectivity index (χ3v) is 6.20. The van der Waals surface area contributed by atoms with Crippen molar-refractivity contribution < 1.29 is 38.2 Å². The molecular weight excluding hydrogens is 537 g/mol. The Bertz CT molecular complexity index is 1500. The van der Waals surface area contributed by atoms with Gasteiger partial charge >= 0.3 is 11.9 Å². The van der Waals surface area contributed by atoms with Crippen LogP contribution in [0.3, 0.4) is 0 Å². The molecule has 9 nitrogen and oxygen atoms in total. The molecule has 0 fully saturated rings. The van der Waals surface area contributed by atoms with E-state index >= 15 is 0 Å². The molecule has 3 aromatic rings. The van der Waals surface area contributed by atoms with Crippen LogP contribution in [0.2, 0.25) is 10.0 Å². The van der Waals surface area contributed by atoms with E-state index in [1.165, 1.54) is 36.4 Å². The summed E-state index contributed by atoms with van der Waals surface area (Å²) in [7, 11) is 0. The van der Waals surface area contributed by atoms with Gasteiger partial charge in [0.1, 0.15) is 6.54 Å². The van der Waals surface area contributed by atoms with Gasteiger partial charge in [0.25, 0.3) is 11.8 Å². The quantitative estimate of drug-likeness (QED) is 0.221. The van der Waals surface area contributed by atoms with Crippen LogP contribution in [0.15, 0.2) is 66.7 Å². The van der Waals surface area contributed by atoms with Gasteiger partial charge in [-0.05, 0) is 42.5 Å². The highest BCUT2D eigenvalue weighted by atomic mass is 35.5. The van der Waals surface area contributed by atoms with E-state index < -0.39 is 55.1 Å². The number of rotatable bonds is 9. The molecule has 1 aliphatic heterocycles. The molecule has 0 spiro atoms. The number of esters is 2. The van der Waals surface area contributed by atoms with Crippen LogP contribution in [0, 0.1) is 0 Å². The van der Waals surface area contributed by atoms with Crippen LogP contribution in [-0.4, -0.2) is 60.0 Å². The second-order valence-corrected chi connectivity index (χ2v) is 8.81. The van der Waals surface area contributed by atoms with Crippen LogP contribution in [0.5, 0.6) is 0 Å². The largest absolute Gasteiger partial charge is 0.456 e. The summed E-state index contributed by atoms with van der Waals surface area (Å²) in [5.74, 6) is -4.56. The second kappa shape index (κ2) is 11.4. The number of ketones is 2. The number of imide groups is 1. The van der Waals surface area contributed by atoms with Crippen molar-refractivity contribution in [2.75, 3.05) is 19.8 Å². The fraction of sp³-hybridized carbons (Fsp3) is 0.111. The minimum Gasteiger partial charge on any atom is -0.456 e. The Morgan fingerprint density at radius 3 is 1.79 bits per heavy atom. The van der Waals surface area contributed by atoms with Gasteiger partial charge in [-0.3, -0.25) is 28.9 Å². The maximum atomic E-state index is 12.8. The van der Waals surface area contributed by atoms with Crippen LogP contribution < -0.4 is 0 Å². The first-order valence-electron chi connectivity index (χ1n) is 11.1. The van der Waals surface area contributed by atoms with Gasteiger partial charge in [0.2, 0.25) is 11.6 Å². The standard InChI is InChI=1S/C27H17Cl2NO8/c28-20-7-3-1-5-17(20)22(31)13-37-24(33)12-30-25(34)16-10-9-15(11-19(16)26(30)35)27(36)38-14-23(32)18-6-2-4-8-21(18)29/h1-11H,12-14H2. The van der Waals surface area contributed by atoms with Crippen molar-refractivity contribution in [3.05, 3.63) is 105 Å². The third-order valence-electron chi connectivity index (χ3n) is 5.54. The number of carbonyl (C=O) groups excluding carboxylic acids is 6. The van der Waals surface area contributed by atoms with Gasteiger partial charge in [-0.25, -0.2) is 4.79 Å². The number of Topliss-reactive ketones (excluding diaryl/α,β-unsaturated/α-hetero) is 2. The van der Waals surface area contributed by atoms with E-state index in [0.717, 1.165) is 6.07 Å². The zero-order valence-corrected chi connectivity index (χ0v) is 21.0. The summed E-state index contributed by atoms with van der Waals surface area (Å²) < 4.78 is 9.96. The molecule has 4 rings (SSSR count). The van der Waals surface area contributed by atoms with E-state index in [0.29, 0.717) is 4.90 Å². The highest BCUT2D eigenvalue weighted by molar-refractivity contribution is 6.34. The SMILES string of the molecule is O=C(CN1C(=O)c2ccc(C(=O)OCC(=O)c3ccccc3Cl)cc2C1=O)OCC(=O)c1ccccc1Cl. The molecule has 0 aromatic heterocycles. The lowest BCUT2D eigenvalue weighted by molar-refractivity contribution is -0.142. The van der Waals surface area contributed by atoms with E-state index in [1.54, 1.807) is 24.3 Å². The highest BCUT2D eigenvalue weighted by Gasteiger charge is 2.37. The molecule has 0 unspecified atom stereocenters. The number of carbonyl (C=O) groups is 6. The maximum Gasteiger partial charge on any atom is 0.338 e. The first-order chi connectivity index (χ1) is 18.2. The fourth-order valence-electron chi connectivity index (χ4n) is 3.63. The predicted molar refractivity (Wildman–Crippen MR) is 135 cm³/mol. The minimum absolute atomic E-state index is 0.0290. The molecule has 11 heteroatoms. The van der Waals surface area contributed by atoms with E-state index in [4.69, 9.17) is 32.7 Å². The number of benzene rings is 3. The van der Waals surface area contributed by atoms with Crippen LogP contribution >= 0.6 is 23.2 Å². The zero-order chi connectivity index (χ0) is 27.4.